The second-order valence-corrected chi connectivity index (χ2v) is 5.52. The number of amides is 1. The molecule has 3 nitrogen and oxygen atoms in total. The number of nitrogens with one attached hydrogen (secondary N) is 1. The molecule has 3 heteroatoms. The molecule has 2 aliphatic rings. The normalized spacial score (nSPS) is 29.2. The van der Waals surface area contributed by atoms with E-state index in [2.05, 4.69) is 5.32 Å². The van der Waals surface area contributed by atoms with Crippen molar-refractivity contribution < 1.29 is 9.53 Å². The molecule has 1 aromatic rings. The fourth-order valence-corrected chi connectivity index (χ4v) is 3.44. The minimum Gasteiger partial charge on any atom is -0.449 e. The topological polar surface area (TPSA) is 38.3 Å². The van der Waals surface area contributed by atoms with Gasteiger partial charge in [-0.3, -0.25) is 5.32 Å². The molecule has 96 valence electrons. The lowest BCUT2D eigenvalue weighted by molar-refractivity contribution is 0.122. The van der Waals surface area contributed by atoms with E-state index in [1.807, 2.05) is 30.3 Å². The first kappa shape index (κ1) is 11.6. The van der Waals surface area contributed by atoms with Gasteiger partial charge in [0.25, 0.3) is 0 Å². The molecule has 18 heavy (non-hydrogen) atoms. The van der Waals surface area contributed by atoms with Gasteiger partial charge in [-0.2, -0.15) is 0 Å². The van der Waals surface area contributed by atoms with E-state index in [0.29, 0.717) is 12.5 Å². The summed E-state index contributed by atoms with van der Waals surface area (Å²) in [4.78, 5) is 11.6. The molecular formula is C15H19NO2. The Morgan fingerprint density at radius 1 is 1.22 bits per heavy atom. The summed E-state index contributed by atoms with van der Waals surface area (Å²) < 4.78 is 5.33. The van der Waals surface area contributed by atoms with Gasteiger partial charge in [0.05, 0.1) is 6.61 Å². The lowest BCUT2D eigenvalue weighted by Gasteiger charge is -2.21. The van der Waals surface area contributed by atoms with Crippen LogP contribution in [0.4, 0.5) is 10.5 Å². The highest BCUT2D eigenvalue weighted by Crippen LogP contribution is 2.48. The molecule has 2 saturated carbocycles. The Morgan fingerprint density at radius 3 is 2.72 bits per heavy atom. The molecule has 0 aromatic heterocycles. The fraction of sp³-hybridized carbons (Fsp3) is 0.533. The van der Waals surface area contributed by atoms with Gasteiger partial charge < -0.3 is 4.74 Å². The number of fused-ring (bicyclic) bond motifs is 2. The summed E-state index contributed by atoms with van der Waals surface area (Å²) in [5.74, 6) is 2.31. The Labute approximate surface area is 108 Å². The first-order valence-corrected chi connectivity index (χ1v) is 6.80. The van der Waals surface area contributed by atoms with Crippen LogP contribution in [0, 0.1) is 17.8 Å². The fourth-order valence-electron chi connectivity index (χ4n) is 3.44. The average Bonchev–Trinajstić information content (AvgIpc) is 3.00. The third-order valence-corrected chi connectivity index (χ3v) is 4.33. The minimum absolute atomic E-state index is 0.330. The number of anilines is 1. The standard InChI is InChI=1S/C15H19NO2/c17-15(16-14-4-2-1-3-5-14)18-10-13-9-11-6-7-12(13)8-11/h1-5,11-13H,6-10H2,(H,16,17)/t11-,12-,13-/m1/s1. The van der Waals surface area contributed by atoms with E-state index in [4.69, 9.17) is 4.74 Å². The summed E-state index contributed by atoms with van der Waals surface area (Å²) in [5, 5.41) is 2.75. The molecule has 3 rings (SSSR count). The van der Waals surface area contributed by atoms with Gasteiger partial charge in [0.1, 0.15) is 0 Å². The molecule has 0 unspecified atom stereocenters. The minimum atomic E-state index is -0.330. The summed E-state index contributed by atoms with van der Waals surface area (Å²) in [5.41, 5.74) is 0.787. The monoisotopic (exact) mass is 245 g/mol. The number of carbonyl (C=O) groups excluding carboxylic acids is 1. The lowest BCUT2D eigenvalue weighted by atomic mass is 9.90. The van der Waals surface area contributed by atoms with Crippen molar-refractivity contribution >= 4 is 11.8 Å². The average molecular weight is 245 g/mol. The van der Waals surface area contributed by atoms with Gasteiger partial charge in [0.15, 0.2) is 0 Å². The van der Waals surface area contributed by atoms with Crippen LogP contribution in [-0.4, -0.2) is 12.7 Å². The molecule has 3 atom stereocenters. The summed E-state index contributed by atoms with van der Waals surface area (Å²) in [6.07, 6.45) is 5.00. The van der Waals surface area contributed by atoms with E-state index in [-0.39, 0.29) is 6.09 Å². The van der Waals surface area contributed by atoms with Gasteiger partial charge >= 0.3 is 6.09 Å². The highest BCUT2D eigenvalue weighted by atomic mass is 16.5. The first-order chi connectivity index (χ1) is 8.81. The predicted molar refractivity (Wildman–Crippen MR) is 70.4 cm³/mol. The van der Waals surface area contributed by atoms with Crippen LogP contribution in [0.2, 0.25) is 0 Å². The summed E-state index contributed by atoms with van der Waals surface area (Å²) >= 11 is 0. The van der Waals surface area contributed by atoms with Gasteiger partial charge in [0.2, 0.25) is 0 Å². The highest BCUT2D eigenvalue weighted by molar-refractivity contribution is 5.84. The number of hydrogen-bond acceptors (Lipinski definition) is 2. The molecule has 2 bridgehead atoms. The summed E-state index contributed by atoms with van der Waals surface area (Å²) in [7, 11) is 0. The quantitative estimate of drug-likeness (QED) is 0.882. The second-order valence-electron chi connectivity index (χ2n) is 5.52. The van der Waals surface area contributed by atoms with Crippen molar-refractivity contribution in [2.75, 3.05) is 11.9 Å². The number of benzene rings is 1. The summed E-state index contributed by atoms with van der Waals surface area (Å²) in [6, 6.07) is 9.43. The Balaban J connectivity index is 1.45. The maximum atomic E-state index is 11.6. The van der Waals surface area contributed by atoms with Crippen LogP contribution in [0.25, 0.3) is 0 Å². The Kier molecular flexibility index (Phi) is 3.22. The Hall–Kier alpha value is -1.51. The van der Waals surface area contributed by atoms with E-state index in [9.17, 15) is 4.79 Å². The van der Waals surface area contributed by atoms with Crippen LogP contribution < -0.4 is 5.32 Å². The van der Waals surface area contributed by atoms with Gasteiger partial charge in [-0.1, -0.05) is 24.6 Å². The zero-order valence-corrected chi connectivity index (χ0v) is 10.5. The lowest BCUT2D eigenvalue weighted by Crippen LogP contribution is -2.22. The number of carbonyl (C=O) groups is 1. The van der Waals surface area contributed by atoms with Crippen molar-refractivity contribution in [3.05, 3.63) is 30.3 Å². The van der Waals surface area contributed by atoms with E-state index in [1.54, 1.807) is 0 Å². The molecule has 1 amide bonds. The Morgan fingerprint density at radius 2 is 2.06 bits per heavy atom. The van der Waals surface area contributed by atoms with E-state index in [0.717, 1.165) is 17.5 Å². The molecule has 0 heterocycles. The number of hydrogen-bond donors (Lipinski definition) is 1. The number of para-hydroxylation sites is 1. The van der Waals surface area contributed by atoms with Crippen molar-refractivity contribution in [3.8, 4) is 0 Å². The second kappa shape index (κ2) is 5.01. The molecular weight excluding hydrogens is 226 g/mol. The number of ether oxygens (including phenoxy) is 1. The van der Waals surface area contributed by atoms with Crippen molar-refractivity contribution in [1.29, 1.82) is 0 Å². The van der Waals surface area contributed by atoms with Crippen molar-refractivity contribution in [1.82, 2.24) is 0 Å². The largest absolute Gasteiger partial charge is 0.449 e. The smallest absolute Gasteiger partial charge is 0.411 e. The molecule has 1 aromatic carbocycles. The van der Waals surface area contributed by atoms with Crippen molar-refractivity contribution in [2.45, 2.75) is 25.7 Å². The summed E-state index contributed by atoms with van der Waals surface area (Å²) in [6.45, 7) is 0.583. The molecule has 0 spiro atoms. The maximum Gasteiger partial charge on any atom is 0.411 e. The van der Waals surface area contributed by atoms with Crippen LogP contribution in [0.5, 0.6) is 0 Å². The highest BCUT2D eigenvalue weighted by Gasteiger charge is 2.39. The van der Waals surface area contributed by atoms with Gasteiger partial charge in [-0.15, -0.1) is 0 Å². The predicted octanol–water partition coefficient (Wildman–Crippen LogP) is 3.67. The van der Waals surface area contributed by atoms with Crippen molar-refractivity contribution in [3.63, 3.8) is 0 Å². The molecule has 2 fully saturated rings. The van der Waals surface area contributed by atoms with Gasteiger partial charge in [0, 0.05) is 5.69 Å². The van der Waals surface area contributed by atoms with Crippen LogP contribution in [-0.2, 0) is 4.74 Å². The van der Waals surface area contributed by atoms with Crippen LogP contribution >= 0.6 is 0 Å². The van der Waals surface area contributed by atoms with Crippen molar-refractivity contribution in [2.24, 2.45) is 17.8 Å². The molecule has 0 radical (unpaired) electrons. The van der Waals surface area contributed by atoms with Gasteiger partial charge in [-0.05, 0) is 49.1 Å². The van der Waals surface area contributed by atoms with E-state index >= 15 is 0 Å². The number of rotatable bonds is 3. The maximum absolute atomic E-state index is 11.6. The zero-order valence-electron chi connectivity index (χ0n) is 10.5. The van der Waals surface area contributed by atoms with Crippen LogP contribution in [0.15, 0.2) is 30.3 Å². The van der Waals surface area contributed by atoms with E-state index in [1.165, 1.54) is 25.7 Å². The third-order valence-electron chi connectivity index (χ3n) is 4.33. The molecule has 2 aliphatic carbocycles. The van der Waals surface area contributed by atoms with Crippen LogP contribution in [0.3, 0.4) is 0 Å². The molecule has 0 saturated heterocycles. The van der Waals surface area contributed by atoms with Gasteiger partial charge in [-0.25, -0.2) is 4.79 Å². The Bertz CT molecular complexity index is 418. The third kappa shape index (κ3) is 2.50. The zero-order chi connectivity index (χ0) is 12.4. The van der Waals surface area contributed by atoms with Crippen LogP contribution in [0.1, 0.15) is 25.7 Å². The SMILES string of the molecule is O=C(Nc1ccccc1)OC[C@H]1C[C@@H]2CC[C@@H]1C2. The molecule has 0 aliphatic heterocycles. The van der Waals surface area contributed by atoms with E-state index < -0.39 is 0 Å². The molecule has 1 N–H and O–H groups in total. The first-order valence-electron chi connectivity index (χ1n) is 6.80.